The van der Waals surface area contributed by atoms with Crippen LogP contribution in [0.1, 0.15) is 19.3 Å². The van der Waals surface area contributed by atoms with Gasteiger partial charge < -0.3 is 4.43 Å². The van der Waals surface area contributed by atoms with Crippen LogP contribution in [0, 0.1) is 0 Å². The van der Waals surface area contributed by atoms with Crippen molar-refractivity contribution in [1.29, 1.82) is 0 Å². The van der Waals surface area contributed by atoms with E-state index in [2.05, 4.69) is 63.1 Å². The molecule has 3 heteroatoms. The summed E-state index contributed by atoms with van der Waals surface area (Å²) in [5.41, 5.74) is 3.08. The molecule has 2 aliphatic carbocycles. The van der Waals surface area contributed by atoms with Crippen LogP contribution >= 0.6 is 0 Å². The average molecular weight is 319 g/mol. The molecule has 2 rings (SSSR count). The minimum atomic E-state index is -1.35. The lowest BCUT2D eigenvalue weighted by atomic mass is 10.1. The molecular formula is C18H30OSi2. The minimum Gasteiger partial charge on any atom is -0.418 e. The zero-order valence-electron chi connectivity index (χ0n) is 14.3. The highest BCUT2D eigenvalue weighted by atomic mass is 28.4. The molecule has 0 saturated heterocycles. The maximum absolute atomic E-state index is 6.02. The lowest BCUT2D eigenvalue weighted by Gasteiger charge is -2.26. The lowest BCUT2D eigenvalue weighted by Crippen LogP contribution is -2.31. The molecule has 0 N–H and O–H groups in total. The highest BCUT2D eigenvalue weighted by Gasteiger charge is 2.29. The topological polar surface area (TPSA) is 9.23 Å². The van der Waals surface area contributed by atoms with Crippen LogP contribution in [0.2, 0.25) is 38.8 Å². The van der Waals surface area contributed by atoms with E-state index in [0.29, 0.717) is 0 Å². The maximum Gasteiger partial charge on any atom is 0.183 e. The van der Waals surface area contributed by atoms with E-state index >= 15 is 0 Å². The van der Waals surface area contributed by atoms with Gasteiger partial charge in [-0.2, -0.15) is 0 Å². The Morgan fingerprint density at radius 3 is 2.43 bits per heavy atom. The van der Waals surface area contributed by atoms with Crippen molar-refractivity contribution in [3.63, 3.8) is 0 Å². The maximum atomic E-state index is 6.02. The van der Waals surface area contributed by atoms with Gasteiger partial charge in [-0.15, -0.1) is 0 Å². The van der Waals surface area contributed by atoms with E-state index in [-0.39, 0.29) is 0 Å². The summed E-state index contributed by atoms with van der Waals surface area (Å²) in [7, 11) is -2.69. The molecular weight excluding hydrogens is 288 g/mol. The fourth-order valence-corrected chi connectivity index (χ4v) is 6.81. The van der Waals surface area contributed by atoms with Crippen LogP contribution in [0.3, 0.4) is 0 Å². The van der Waals surface area contributed by atoms with Crippen LogP contribution in [0.4, 0.5) is 0 Å². The van der Waals surface area contributed by atoms with Gasteiger partial charge in [0.2, 0.25) is 0 Å². The Kier molecular flexibility index (Phi) is 5.28. The van der Waals surface area contributed by atoms with Gasteiger partial charge in [0, 0.05) is 6.61 Å². The SMILES string of the molecule is C[Si](C)(C)OCCC[Si](C)(C)C1=C(C2=CCC=C2)CC=C1. The summed E-state index contributed by atoms with van der Waals surface area (Å²) in [6.45, 7) is 12.8. The monoisotopic (exact) mass is 318 g/mol. The van der Waals surface area contributed by atoms with Gasteiger partial charge in [0.1, 0.15) is 0 Å². The van der Waals surface area contributed by atoms with E-state index in [1.807, 2.05) is 0 Å². The number of rotatable bonds is 7. The summed E-state index contributed by atoms with van der Waals surface area (Å²) < 4.78 is 6.02. The predicted octanol–water partition coefficient (Wildman–Crippen LogP) is 5.62. The Labute approximate surface area is 132 Å². The predicted molar refractivity (Wildman–Crippen MR) is 98.8 cm³/mol. The number of hydrogen-bond acceptors (Lipinski definition) is 1. The molecule has 21 heavy (non-hydrogen) atoms. The number of allylic oxidation sites excluding steroid dienone is 8. The minimum absolute atomic E-state index is 0.946. The van der Waals surface area contributed by atoms with Gasteiger partial charge in [-0.1, -0.05) is 54.7 Å². The van der Waals surface area contributed by atoms with Gasteiger partial charge >= 0.3 is 0 Å². The van der Waals surface area contributed by atoms with Crippen LogP contribution in [-0.4, -0.2) is 23.0 Å². The summed E-state index contributed by atoms with van der Waals surface area (Å²) in [6.07, 6.45) is 15.2. The largest absolute Gasteiger partial charge is 0.418 e. The fraction of sp³-hybridized carbons (Fsp3) is 0.556. The molecule has 0 fully saturated rings. The third-order valence-corrected chi connectivity index (χ3v) is 8.86. The van der Waals surface area contributed by atoms with Gasteiger partial charge in [-0.25, -0.2) is 0 Å². The summed E-state index contributed by atoms with van der Waals surface area (Å²) >= 11 is 0. The number of hydrogen-bond donors (Lipinski definition) is 0. The van der Waals surface area contributed by atoms with Crippen LogP contribution < -0.4 is 0 Å². The molecule has 116 valence electrons. The van der Waals surface area contributed by atoms with Crippen molar-refractivity contribution >= 4 is 16.4 Å². The second-order valence-corrected chi connectivity index (χ2v) is 17.1. The Bertz CT molecular complexity index is 502. The molecule has 0 aromatic carbocycles. The van der Waals surface area contributed by atoms with E-state index in [0.717, 1.165) is 19.4 Å². The summed E-state index contributed by atoms with van der Waals surface area (Å²) in [5.74, 6) is 0. The van der Waals surface area contributed by atoms with Crippen molar-refractivity contribution in [1.82, 2.24) is 0 Å². The highest BCUT2D eigenvalue weighted by molar-refractivity contribution is 6.85. The first kappa shape index (κ1) is 16.7. The highest BCUT2D eigenvalue weighted by Crippen LogP contribution is 2.36. The van der Waals surface area contributed by atoms with Crippen molar-refractivity contribution in [2.24, 2.45) is 0 Å². The van der Waals surface area contributed by atoms with Crippen LogP contribution in [-0.2, 0) is 4.43 Å². The molecule has 0 bridgehead atoms. The first-order valence-electron chi connectivity index (χ1n) is 8.21. The molecule has 0 aromatic heterocycles. The second-order valence-electron chi connectivity index (χ2n) is 7.74. The Balaban J connectivity index is 1.99. The average Bonchev–Trinajstić information content (AvgIpc) is 3.02. The summed E-state index contributed by atoms with van der Waals surface area (Å²) in [6, 6.07) is 1.33. The lowest BCUT2D eigenvalue weighted by molar-refractivity contribution is 0.310. The molecule has 0 heterocycles. The van der Waals surface area contributed by atoms with Gasteiger partial charge in [-0.05, 0) is 50.0 Å². The fourth-order valence-electron chi connectivity index (χ4n) is 3.12. The molecule has 0 radical (unpaired) electrons. The van der Waals surface area contributed by atoms with Crippen molar-refractivity contribution < 1.29 is 4.43 Å². The molecule has 0 aliphatic heterocycles. The van der Waals surface area contributed by atoms with E-state index in [1.165, 1.54) is 18.0 Å². The molecule has 0 spiro atoms. The Morgan fingerprint density at radius 1 is 1.05 bits per heavy atom. The molecule has 1 nitrogen and oxygen atoms in total. The van der Waals surface area contributed by atoms with E-state index in [9.17, 15) is 0 Å². The molecule has 0 unspecified atom stereocenters. The van der Waals surface area contributed by atoms with Gasteiger partial charge in [0.05, 0.1) is 8.07 Å². The smallest absolute Gasteiger partial charge is 0.183 e. The van der Waals surface area contributed by atoms with Crippen molar-refractivity contribution in [3.8, 4) is 0 Å². The van der Waals surface area contributed by atoms with E-state index in [1.54, 1.807) is 10.8 Å². The zero-order valence-corrected chi connectivity index (χ0v) is 16.3. The summed E-state index contributed by atoms with van der Waals surface area (Å²) in [4.78, 5) is 0. The molecule has 0 saturated carbocycles. The Hall–Kier alpha value is -0.646. The quantitative estimate of drug-likeness (QED) is 0.437. The molecule has 0 amide bonds. The van der Waals surface area contributed by atoms with Gasteiger partial charge in [0.15, 0.2) is 8.32 Å². The molecule has 2 aliphatic rings. The first-order valence-corrected chi connectivity index (χ1v) is 14.8. The van der Waals surface area contributed by atoms with Crippen molar-refractivity contribution in [2.45, 2.75) is 58.0 Å². The van der Waals surface area contributed by atoms with Gasteiger partial charge in [-0.3, -0.25) is 0 Å². The third-order valence-electron chi connectivity index (χ3n) is 4.26. The van der Waals surface area contributed by atoms with Gasteiger partial charge in [0.25, 0.3) is 0 Å². The zero-order chi connectivity index (χ0) is 15.5. The van der Waals surface area contributed by atoms with Crippen molar-refractivity contribution in [2.75, 3.05) is 6.61 Å². The van der Waals surface area contributed by atoms with E-state index < -0.39 is 16.4 Å². The molecule has 0 atom stereocenters. The van der Waals surface area contributed by atoms with E-state index in [4.69, 9.17) is 4.43 Å². The third kappa shape index (κ3) is 4.66. The van der Waals surface area contributed by atoms with Crippen molar-refractivity contribution in [3.05, 3.63) is 46.7 Å². The van der Waals surface area contributed by atoms with Crippen LogP contribution in [0.15, 0.2) is 46.7 Å². The van der Waals surface area contributed by atoms with Crippen LogP contribution in [0.25, 0.3) is 0 Å². The first-order chi connectivity index (χ1) is 9.80. The standard InChI is InChI=1S/C18H30OSi2/c1-20(2,3)19-14-9-15-21(4,5)18-13-8-12-17(18)16-10-6-7-11-16/h6,8,10-11,13H,7,9,12,14-15H2,1-5H3. The Morgan fingerprint density at radius 2 is 1.81 bits per heavy atom. The summed E-state index contributed by atoms with van der Waals surface area (Å²) in [5, 5.41) is 1.67. The van der Waals surface area contributed by atoms with Crippen LogP contribution in [0.5, 0.6) is 0 Å². The normalized spacial score (nSPS) is 18.8. The molecule has 0 aromatic rings. The second kappa shape index (κ2) is 6.63.